The highest BCUT2D eigenvalue weighted by atomic mass is 16.5. The van der Waals surface area contributed by atoms with Gasteiger partial charge in [-0.25, -0.2) is 0 Å². The molecule has 0 bridgehead atoms. The van der Waals surface area contributed by atoms with Gasteiger partial charge in [-0.15, -0.1) is 0 Å². The summed E-state index contributed by atoms with van der Waals surface area (Å²) < 4.78 is 5.32. The van der Waals surface area contributed by atoms with Crippen molar-refractivity contribution in [1.82, 2.24) is 9.80 Å². The van der Waals surface area contributed by atoms with Crippen LogP contribution < -0.4 is 0 Å². The maximum Gasteiger partial charge on any atom is 0.307 e. The Hall–Kier alpha value is -1.39. The summed E-state index contributed by atoms with van der Waals surface area (Å²) >= 11 is 0. The Labute approximate surface area is 134 Å². The number of hydrogen-bond donors (Lipinski definition) is 0. The molecule has 0 atom stereocenters. The first kappa shape index (κ1) is 17.0. The Morgan fingerprint density at radius 1 is 1.05 bits per heavy atom. The van der Waals surface area contributed by atoms with Crippen LogP contribution in [0.5, 0.6) is 0 Å². The molecule has 0 saturated carbocycles. The molecule has 1 aromatic rings. The molecular formula is C18H28N2O2. The molecule has 1 aliphatic rings. The van der Waals surface area contributed by atoms with E-state index in [9.17, 15) is 4.79 Å². The van der Waals surface area contributed by atoms with E-state index in [2.05, 4.69) is 16.7 Å². The van der Waals surface area contributed by atoms with Gasteiger partial charge in [-0.2, -0.15) is 0 Å². The van der Waals surface area contributed by atoms with Crippen LogP contribution in [0.4, 0.5) is 0 Å². The Morgan fingerprint density at radius 3 is 2.32 bits per heavy atom. The molecule has 4 nitrogen and oxygen atoms in total. The maximum atomic E-state index is 11.8. The van der Waals surface area contributed by atoms with Crippen molar-refractivity contribution in [3.8, 4) is 0 Å². The lowest BCUT2D eigenvalue weighted by Gasteiger charge is -2.34. The van der Waals surface area contributed by atoms with Gasteiger partial charge in [-0.3, -0.25) is 4.79 Å². The second-order valence-corrected chi connectivity index (χ2v) is 5.93. The van der Waals surface area contributed by atoms with Crippen LogP contribution in [0, 0.1) is 0 Å². The first-order chi connectivity index (χ1) is 10.8. The van der Waals surface area contributed by atoms with Gasteiger partial charge in [0, 0.05) is 32.7 Å². The summed E-state index contributed by atoms with van der Waals surface area (Å²) in [4.78, 5) is 16.7. The molecule has 22 heavy (non-hydrogen) atoms. The van der Waals surface area contributed by atoms with E-state index >= 15 is 0 Å². The molecule has 0 N–H and O–H groups in total. The Balaban J connectivity index is 1.57. The number of ether oxygens (including phenoxy) is 1. The van der Waals surface area contributed by atoms with Crippen LogP contribution in [0.3, 0.4) is 0 Å². The topological polar surface area (TPSA) is 32.8 Å². The highest BCUT2D eigenvalue weighted by Gasteiger charge is 2.17. The SMILES string of the molecule is CCCCN1CCN(CCC(=O)OCc2ccccc2)CC1. The van der Waals surface area contributed by atoms with E-state index in [0.717, 1.165) is 38.3 Å². The first-order valence-electron chi connectivity index (χ1n) is 8.42. The minimum Gasteiger partial charge on any atom is -0.461 e. The minimum atomic E-state index is -0.0998. The summed E-state index contributed by atoms with van der Waals surface area (Å²) in [6.45, 7) is 9.02. The van der Waals surface area contributed by atoms with E-state index < -0.39 is 0 Å². The first-order valence-corrected chi connectivity index (χ1v) is 8.42. The third kappa shape index (κ3) is 6.16. The van der Waals surface area contributed by atoms with E-state index in [-0.39, 0.29) is 5.97 Å². The number of piperazine rings is 1. The van der Waals surface area contributed by atoms with Crippen LogP contribution in [-0.4, -0.2) is 55.0 Å². The number of carbonyl (C=O) groups excluding carboxylic acids is 1. The molecule has 0 amide bonds. The molecule has 1 aliphatic heterocycles. The molecule has 0 radical (unpaired) electrons. The summed E-state index contributed by atoms with van der Waals surface area (Å²) in [6, 6.07) is 9.83. The van der Waals surface area contributed by atoms with Crippen LogP contribution in [0.2, 0.25) is 0 Å². The summed E-state index contributed by atoms with van der Waals surface area (Å²) in [6.07, 6.45) is 3.03. The molecule has 0 aromatic heterocycles. The van der Waals surface area contributed by atoms with Crippen molar-refractivity contribution in [3.05, 3.63) is 35.9 Å². The minimum absolute atomic E-state index is 0.0998. The van der Waals surface area contributed by atoms with Gasteiger partial charge in [-0.1, -0.05) is 43.7 Å². The van der Waals surface area contributed by atoms with Gasteiger partial charge >= 0.3 is 5.97 Å². The van der Waals surface area contributed by atoms with Crippen molar-refractivity contribution in [3.63, 3.8) is 0 Å². The number of hydrogen-bond acceptors (Lipinski definition) is 4. The van der Waals surface area contributed by atoms with Crippen LogP contribution in [0.25, 0.3) is 0 Å². The molecule has 0 aliphatic carbocycles. The summed E-state index contributed by atoms with van der Waals surface area (Å²) in [7, 11) is 0. The van der Waals surface area contributed by atoms with Crippen LogP contribution in [0.15, 0.2) is 30.3 Å². The molecule has 0 unspecified atom stereocenters. The van der Waals surface area contributed by atoms with E-state index in [4.69, 9.17) is 4.74 Å². The van der Waals surface area contributed by atoms with Crippen molar-refractivity contribution < 1.29 is 9.53 Å². The molecule has 0 spiro atoms. The average Bonchev–Trinajstić information content (AvgIpc) is 2.58. The molecule has 2 rings (SSSR count). The lowest BCUT2D eigenvalue weighted by molar-refractivity contribution is -0.145. The number of carbonyl (C=O) groups is 1. The standard InChI is InChI=1S/C18H28N2O2/c1-2-3-10-19-12-14-20(15-13-19)11-9-18(21)22-16-17-7-5-4-6-8-17/h4-8H,2-3,9-16H2,1H3. The van der Waals surface area contributed by atoms with E-state index in [1.165, 1.54) is 19.4 Å². The molecular weight excluding hydrogens is 276 g/mol. The third-order valence-electron chi connectivity index (χ3n) is 4.17. The van der Waals surface area contributed by atoms with Gasteiger partial charge in [-0.05, 0) is 18.5 Å². The predicted octanol–water partition coefficient (Wildman–Crippen LogP) is 2.54. The zero-order chi connectivity index (χ0) is 15.6. The third-order valence-corrected chi connectivity index (χ3v) is 4.17. The van der Waals surface area contributed by atoms with E-state index in [1.54, 1.807) is 0 Å². The Morgan fingerprint density at radius 2 is 1.68 bits per heavy atom. The molecule has 4 heteroatoms. The van der Waals surface area contributed by atoms with Crippen LogP contribution in [0.1, 0.15) is 31.7 Å². The number of unbranched alkanes of at least 4 members (excludes halogenated alkanes) is 1. The smallest absolute Gasteiger partial charge is 0.307 e. The van der Waals surface area contributed by atoms with Crippen LogP contribution in [-0.2, 0) is 16.1 Å². The maximum absolute atomic E-state index is 11.8. The van der Waals surface area contributed by atoms with Crippen molar-refractivity contribution in [2.75, 3.05) is 39.3 Å². The largest absolute Gasteiger partial charge is 0.461 e. The quantitative estimate of drug-likeness (QED) is 0.691. The van der Waals surface area contributed by atoms with Crippen molar-refractivity contribution in [2.24, 2.45) is 0 Å². The monoisotopic (exact) mass is 304 g/mol. The van der Waals surface area contributed by atoms with Gasteiger partial charge in [0.15, 0.2) is 0 Å². The van der Waals surface area contributed by atoms with E-state index in [1.807, 2.05) is 30.3 Å². The van der Waals surface area contributed by atoms with Gasteiger partial charge in [0.25, 0.3) is 0 Å². The lowest BCUT2D eigenvalue weighted by atomic mass is 10.2. The van der Waals surface area contributed by atoms with Crippen molar-refractivity contribution >= 4 is 5.97 Å². The van der Waals surface area contributed by atoms with Gasteiger partial charge < -0.3 is 14.5 Å². The van der Waals surface area contributed by atoms with Gasteiger partial charge in [0.2, 0.25) is 0 Å². The fourth-order valence-electron chi connectivity index (χ4n) is 2.68. The van der Waals surface area contributed by atoms with Gasteiger partial charge in [0.05, 0.1) is 6.42 Å². The second-order valence-electron chi connectivity index (χ2n) is 5.93. The van der Waals surface area contributed by atoms with Crippen LogP contribution >= 0.6 is 0 Å². The highest BCUT2D eigenvalue weighted by molar-refractivity contribution is 5.69. The van der Waals surface area contributed by atoms with E-state index in [0.29, 0.717) is 13.0 Å². The lowest BCUT2D eigenvalue weighted by Crippen LogP contribution is -2.47. The number of benzene rings is 1. The predicted molar refractivity (Wildman–Crippen MR) is 88.6 cm³/mol. The molecule has 122 valence electrons. The molecule has 1 heterocycles. The highest BCUT2D eigenvalue weighted by Crippen LogP contribution is 2.06. The summed E-state index contributed by atoms with van der Waals surface area (Å²) in [5.41, 5.74) is 1.04. The molecule has 1 saturated heterocycles. The summed E-state index contributed by atoms with van der Waals surface area (Å²) in [5, 5.41) is 0. The Bertz CT molecular complexity index is 428. The zero-order valence-corrected chi connectivity index (χ0v) is 13.7. The summed E-state index contributed by atoms with van der Waals surface area (Å²) in [5.74, 6) is -0.0998. The fraction of sp³-hybridized carbons (Fsp3) is 0.611. The number of esters is 1. The molecule has 1 fully saturated rings. The second kappa shape index (κ2) is 9.59. The Kier molecular flexibility index (Phi) is 7.40. The average molecular weight is 304 g/mol. The fourth-order valence-corrected chi connectivity index (χ4v) is 2.68. The molecule has 1 aromatic carbocycles. The number of rotatable bonds is 8. The zero-order valence-electron chi connectivity index (χ0n) is 13.7. The number of nitrogens with zero attached hydrogens (tertiary/aromatic N) is 2. The van der Waals surface area contributed by atoms with Gasteiger partial charge in [0.1, 0.15) is 6.61 Å². The normalized spacial score (nSPS) is 16.6. The van der Waals surface area contributed by atoms with Crippen molar-refractivity contribution in [1.29, 1.82) is 0 Å². The van der Waals surface area contributed by atoms with Crippen molar-refractivity contribution in [2.45, 2.75) is 32.8 Å².